The van der Waals surface area contributed by atoms with E-state index in [1.54, 1.807) is 7.05 Å². The molecule has 1 unspecified atom stereocenters. The monoisotopic (exact) mass is 455 g/mol. The number of halogens is 1. The minimum atomic E-state index is -0.0853. The molecule has 1 atom stereocenters. The minimum Gasteiger partial charge on any atom is -0.466 e. The number of unbranched alkanes of at least 4 members (excludes halogenated alkanes) is 3. The Labute approximate surface area is 163 Å². The minimum absolute atomic E-state index is 0. The molecule has 0 bridgehead atoms. The fourth-order valence-electron chi connectivity index (χ4n) is 2.66. The van der Waals surface area contributed by atoms with Crippen molar-refractivity contribution < 1.29 is 14.3 Å². The normalized spacial score (nSPS) is 20.4. The second kappa shape index (κ2) is 13.7. The first-order chi connectivity index (χ1) is 11.1. The first kappa shape index (κ1) is 23.4. The van der Waals surface area contributed by atoms with Gasteiger partial charge in [-0.1, -0.05) is 12.8 Å². The molecule has 1 aliphatic heterocycles. The number of aliphatic imine (C=N–C) groups is 1. The molecule has 0 radical (unpaired) electrons. The molecule has 0 aromatic carbocycles. The maximum absolute atomic E-state index is 11.2. The molecular weight excluding hydrogens is 421 g/mol. The standard InChI is InChI=1S/C17H33N3O3.HI/c1-4-22-15(21)10-7-5-6-8-12-19-16(18-3)20-14-17(2)11-9-13-23-17;/h4-14H2,1-3H3,(H2,18,19,20);1H. The van der Waals surface area contributed by atoms with Crippen LogP contribution in [0.25, 0.3) is 0 Å². The van der Waals surface area contributed by atoms with E-state index in [1.807, 2.05) is 6.92 Å². The summed E-state index contributed by atoms with van der Waals surface area (Å²) < 4.78 is 10.7. The van der Waals surface area contributed by atoms with E-state index < -0.39 is 0 Å². The molecule has 0 spiro atoms. The van der Waals surface area contributed by atoms with E-state index in [2.05, 4.69) is 22.5 Å². The molecule has 2 N–H and O–H groups in total. The molecule has 142 valence electrons. The van der Waals surface area contributed by atoms with E-state index >= 15 is 0 Å². The van der Waals surface area contributed by atoms with Gasteiger partial charge in [0.05, 0.1) is 12.2 Å². The quantitative estimate of drug-likeness (QED) is 0.174. The van der Waals surface area contributed by atoms with Crippen molar-refractivity contribution in [3.8, 4) is 0 Å². The van der Waals surface area contributed by atoms with Gasteiger partial charge < -0.3 is 20.1 Å². The molecule has 6 nitrogen and oxygen atoms in total. The summed E-state index contributed by atoms with van der Waals surface area (Å²) in [6.07, 6.45) is 6.89. The van der Waals surface area contributed by atoms with Gasteiger partial charge in [0.25, 0.3) is 0 Å². The first-order valence-corrected chi connectivity index (χ1v) is 8.84. The van der Waals surface area contributed by atoms with Crippen LogP contribution in [0.5, 0.6) is 0 Å². The van der Waals surface area contributed by atoms with Gasteiger partial charge in [-0.3, -0.25) is 9.79 Å². The number of carbonyl (C=O) groups is 1. The van der Waals surface area contributed by atoms with Crippen molar-refractivity contribution in [2.24, 2.45) is 4.99 Å². The number of rotatable bonds is 10. The van der Waals surface area contributed by atoms with Gasteiger partial charge in [-0.25, -0.2) is 0 Å². The summed E-state index contributed by atoms with van der Waals surface area (Å²) in [5.41, 5.74) is -0.0648. The number of nitrogens with one attached hydrogen (secondary N) is 2. The van der Waals surface area contributed by atoms with Crippen LogP contribution in [0.1, 0.15) is 58.8 Å². The third-order valence-electron chi connectivity index (χ3n) is 4.06. The van der Waals surface area contributed by atoms with Crippen LogP contribution in [0, 0.1) is 0 Å². The van der Waals surface area contributed by atoms with Crippen molar-refractivity contribution in [1.82, 2.24) is 10.6 Å². The van der Waals surface area contributed by atoms with E-state index in [-0.39, 0.29) is 35.5 Å². The maximum Gasteiger partial charge on any atom is 0.305 e. The number of ether oxygens (including phenoxy) is 2. The molecule has 0 amide bonds. The zero-order valence-corrected chi connectivity index (χ0v) is 17.7. The Morgan fingerprint density at radius 2 is 2.00 bits per heavy atom. The van der Waals surface area contributed by atoms with Gasteiger partial charge >= 0.3 is 5.97 Å². The highest BCUT2D eigenvalue weighted by molar-refractivity contribution is 14.0. The summed E-state index contributed by atoms with van der Waals surface area (Å²) in [5, 5.41) is 6.66. The Hall–Kier alpha value is -0.570. The zero-order valence-electron chi connectivity index (χ0n) is 15.4. The number of carbonyl (C=O) groups excluding carboxylic acids is 1. The Bertz CT molecular complexity index is 372. The van der Waals surface area contributed by atoms with Crippen molar-refractivity contribution >= 4 is 35.9 Å². The third kappa shape index (κ3) is 10.3. The lowest BCUT2D eigenvalue weighted by Crippen LogP contribution is -2.45. The SMILES string of the molecule is CCOC(=O)CCCCCCNC(=NC)NCC1(C)CCCO1.I. The summed E-state index contributed by atoms with van der Waals surface area (Å²) in [7, 11) is 1.78. The van der Waals surface area contributed by atoms with Crippen LogP contribution in [0.4, 0.5) is 0 Å². The van der Waals surface area contributed by atoms with Gasteiger partial charge in [-0.2, -0.15) is 0 Å². The second-order valence-corrected chi connectivity index (χ2v) is 6.22. The molecule has 1 aliphatic rings. The molecule has 1 heterocycles. The smallest absolute Gasteiger partial charge is 0.305 e. The van der Waals surface area contributed by atoms with Crippen molar-refractivity contribution in [1.29, 1.82) is 0 Å². The van der Waals surface area contributed by atoms with Gasteiger partial charge in [-0.15, -0.1) is 24.0 Å². The fraction of sp³-hybridized carbons (Fsp3) is 0.882. The average molecular weight is 455 g/mol. The van der Waals surface area contributed by atoms with Crippen LogP contribution in [0.15, 0.2) is 4.99 Å². The molecule has 0 saturated carbocycles. The van der Waals surface area contributed by atoms with Crippen molar-refractivity contribution in [2.75, 3.05) is 33.4 Å². The van der Waals surface area contributed by atoms with Gasteiger partial charge in [0.1, 0.15) is 0 Å². The molecule has 24 heavy (non-hydrogen) atoms. The van der Waals surface area contributed by atoms with Crippen LogP contribution < -0.4 is 10.6 Å². The second-order valence-electron chi connectivity index (χ2n) is 6.22. The molecule has 7 heteroatoms. The van der Waals surface area contributed by atoms with Crippen LogP contribution in [-0.2, 0) is 14.3 Å². The van der Waals surface area contributed by atoms with E-state index in [0.29, 0.717) is 13.0 Å². The molecule has 1 saturated heterocycles. The lowest BCUT2D eigenvalue weighted by molar-refractivity contribution is -0.143. The number of esters is 1. The summed E-state index contributed by atoms with van der Waals surface area (Å²) in [5.74, 6) is 0.742. The summed E-state index contributed by atoms with van der Waals surface area (Å²) >= 11 is 0. The highest BCUT2D eigenvalue weighted by Crippen LogP contribution is 2.23. The van der Waals surface area contributed by atoms with Gasteiger partial charge in [-0.05, 0) is 39.5 Å². The molecular formula is C17H34IN3O3. The van der Waals surface area contributed by atoms with Gasteiger partial charge in [0.15, 0.2) is 5.96 Å². The molecule has 1 rings (SSSR count). The highest BCUT2D eigenvalue weighted by atomic mass is 127. The van der Waals surface area contributed by atoms with E-state index in [9.17, 15) is 4.79 Å². The predicted molar refractivity (Wildman–Crippen MR) is 108 cm³/mol. The zero-order chi connectivity index (χ0) is 17.0. The Kier molecular flexibility index (Phi) is 13.4. The number of hydrogen-bond donors (Lipinski definition) is 2. The van der Waals surface area contributed by atoms with Crippen molar-refractivity contribution in [3.63, 3.8) is 0 Å². The van der Waals surface area contributed by atoms with Crippen molar-refractivity contribution in [2.45, 2.75) is 64.4 Å². The Morgan fingerprint density at radius 3 is 2.62 bits per heavy atom. The van der Waals surface area contributed by atoms with Crippen LogP contribution in [0.2, 0.25) is 0 Å². The highest BCUT2D eigenvalue weighted by Gasteiger charge is 2.29. The fourth-order valence-corrected chi connectivity index (χ4v) is 2.66. The lowest BCUT2D eigenvalue weighted by atomic mass is 10.0. The topological polar surface area (TPSA) is 72.0 Å². The molecule has 0 aromatic heterocycles. The van der Waals surface area contributed by atoms with Crippen molar-refractivity contribution in [3.05, 3.63) is 0 Å². The lowest BCUT2D eigenvalue weighted by Gasteiger charge is -2.24. The van der Waals surface area contributed by atoms with Crippen LogP contribution in [-0.4, -0.2) is 50.9 Å². The summed E-state index contributed by atoms with van der Waals surface area (Å²) in [6.45, 7) is 6.98. The van der Waals surface area contributed by atoms with Crippen LogP contribution in [0.3, 0.4) is 0 Å². The van der Waals surface area contributed by atoms with E-state index in [4.69, 9.17) is 9.47 Å². The first-order valence-electron chi connectivity index (χ1n) is 8.84. The van der Waals surface area contributed by atoms with E-state index in [0.717, 1.165) is 64.2 Å². The largest absolute Gasteiger partial charge is 0.466 e. The number of hydrogen-bond acceptors (Lipinski definition) is 4. The van der Waals surface area contributed by atoms with E-state index in [1.165, 1.54) is 0 Å². The average Bonchev–Trinajstić information content (AvgIpc) is 2.96. The van der Waals surface area contributed by atoms with Crippen LogP contribution >= 0.6 is 24.0 Å². The number of guanidine groups is 1. The molecule has 0 aliphatic carbocycles. The van der Waals surface area contributed by atoms with Gasteiger partial charge in [0.2, 0.25) is 0 Å². The molecule has 0 aromatic rings. The maximum atomic E-state index is 11.2. The number of nitrogens with zero attached hydrogens (tertiary/aromatic N) is 1. The Morgan fingerprint density at radius 1 is 1.25 bits per heavy atom. The summed E-state index contributed by atoms with van der Waals surface area (Å²) in [6, 6.07) is 0. The predicted octanol–water partition coefficient (Wildman–Crippen LogP) is 2.85. The summed E-state index contributed by atoms with van der Waals surface area (Å²) in [4.78, 5) is 15.4. The molecule has 1 fully saturated rings. The van der Waals surface area contributed by atoms with Gasteiger partial charge in [0, 0.05) is 33.2 Å². The third-order valence-corrected chi connectivity index (χ3v) is 4.06. The Balaban J connectivity index is 0.00000529.